The summed E-state index contributed by atoms with van der Waals surface area (Å²) in [6.45, 7) is 1.86. The number of hydrogen-bond acceptors (Lipinski definition) is 4. The largest absolute Gasteiger partial charge is 0.396 e. The van der Waals surface area contributed by atoms with Crippen LogP contribution in [0.15, 0.2) is 18.2 Å². The number of aryl methyl sites for hydroxylation is 1. The Morgan fingerprint density at radius 3 is 2.46 bits per heavy atom. The van der Waals surface area contributed by atoms with E-state index in [0.717, 1.165) is 11.8 Å². The van der Waals surface area contributed by atoms with Crippen molar-refractivity contribution in [1.29, 1.82) is 0 Å². The molecule has 0 atom stereocenters. The predicted octanol–water partition coefficient (Wildman–Crippen LogP) is 0.916. The van der Waals surface area contributed by atoms with Crippen LogP contribution in [0.5, 0.6) is 5.75 Å². The van der Waals surface area contributed by atoms with Crippen LogP contribution in [0.3, 0.4) is 0 Å². The molecule has 0 fully saturated rings. The maximum Gasteiger partial charge on any atom is 0.306 e. The molecule has 0 amide bonds. The van der Waals surface area contributed by atoms with Crippen molar-refractivity contribution in [3.63, 3.8) is 0 Å². The molecule has 0 heterocycles. The zero-order valence-electron chi connectivity index (χ0n) is 7.44. The van der Waals surface area contributed by atoms with E-state index >= 15 is 0 Å². The van der Waals surface area contributed by atoms with Gasteiger partial charge in [-0.1, -0.05) is 6.07 Å². The van der Waals surface area contributed by atoms with E-state index < -0.39 is 10.1 Å². The topological polar surface area (TPSA) is 69.4 Å². The van der Waals surface area contributed by atoms with Crippen molar-refractivity contribution in [2.75, 3.05) is 12.0 Å². The summed E-state index contributed by atoms with van der Waals surface area (Å²) < 4.78 is 26.2. The summed E-state index contributed by atoms with van der Waals surface area (Å²) in [6.07, 6.45) is 0.978. The van der Waals surface area contributed by atoms with Crippen LogP contribution in [-0.2, 0) is 10.1 Å². The van der Waals surface area contributed by atoms with Crippen LogP contribution in [0, 0.1) is 6.92 Å². The third-order valence-electron chi connectivity index (χ3n) is 1.41. The summed E-state index contributed by atoms with van der Waals surface area (Å²) in [5, 5.41) is 0. The maximum atomic E-state index is 10.8. The minimum Gasteiger partial charge on any atom is -0.396 e. The normalized spacial score (nSPS) is 11.2. The van der Waals surface area contributed by atoms with Gasteiger partial charge in [-0.05, 0) is 24.6 Å². The van der Waals surface area contributed by atoms with E-state index in [9.17, 15) is 8.42 Å². The van der Waals surface area contributed by atoms with Crippen molar-refractivity contribution in [3.8, 4) is 5.75 Å². The molecule has 0 saturated heterocycles. The van der Waals surface area contributed by atoms with Gasteiger partial charge < -0.3 is 9.92 Å². The second kappa shape index (κ2) is 3.26. The van der Waals surface area contributed by atoms with Crippen LogP contribution in [-0.4, -0.2) is 14.7 Å². The highest BCUT2D eigenvalue weighted by Crippen LogP contribution is 2.23. The van der Waals surface area contributed by atoms with Gasteiger partial charge >= 0.3 is 10.1 Å². The molecule has 0 saturated carbocycles. The molecule has 0 bridgehead atoms. The van der Waals surface area contributed by atoms with Gasteiger partial charge in [-0.15, -0.1) is 0 Å². The summed E-state index contributed by atoms with van der Waals surface area (Å²) in [5.41, 5.74) is 6.82. The Bertz CT molecular complexity index is 411. The van der Waals surface area contributed by atoms with E-state index in [-0.39, 0.29) is 5.75 Å². The standard InChI is InChI=1S/C8H11NO3S/c1-6-3-4-8(7(9)5-6)12-13(2,10)11/h3-5H,9H2,1-2H3. The van der Waals surface area contributed by atoms with Crippen molar-refractivity contribution in [3.05, 3.63) is 23.8 Å². The quantitative estimate of drug-likeness (QED) is 0.570. The van der Waals surface area contributed by atoms with Crippen LogP contribution in [0.4, 0.5) is 5.69 Å². The summed E-state index contributed by atoms with van der Waals surface area (Å²) >= 11 is 0. The van der Waals surface area contributed by atoms with Gasteiger partial charge in [-0.3, -0.25) is 0 Å². The second-order valence-electron chi connectivity index (χ2n) is 2.83. The lowest BCUT2D eigenvalue weighted by molar-refractivity contribution is 0.494. The molecule has 5 heteroatoms. The number of nitrogen functional groups attached to an aromatic ring is 1. The summed E-state index contributed by atoms with van der Waals surface area (Å²) in [7, 11) is -3.49. The number of hydrogen-bond donors (Lipinski definition) is 1. The Balaban J connectivity index is 3.04. The van der Waals surface area contributed by atoms with Crippen molar-refractivity contribution in [1.82, 2.24) is 0 Å². The van der Waals surface area contributed by atoms with Gasteiger partial charge in [0.15, 0.2) is 5.75 Å². The highest BCUT2D eigenvalue weighted by molar-refractivity contribution is 7.86. The van der Waals surface area contributed by atoms with Gasteiger partial charge in [0.05, 0.1) is 11.9 Å². The molecule has 2 N–H and O–H groups in total. The van der Waals surface area contributed by atoms with E-state index in [1.54, 1.807) is 12.1 Å². The molecule has 1 rings (SSSR count). The number of anilines is 1. The zero-order chi connectivity index (χ0) is 10.1. The molecule has 0 spiro atoms. The molecule has 0 aliphatic heterocycles. The fraction of sp³-hybridized carbons (Fsp3) is 0.250. The molecule has 0 aliphatic carbocycles. The first-order chi connectivity index (χ1) is 5.88. The van der Waals surface area contributed by atoms with Crippen LogP contribution in [0.1, 0.15) is 5.56 Å². The summed E-state index contributed by atoms with van der Waals surface area (Å²) in [5.74, 6) is 0.174. The fourth-order valence-electron chi connectivity index (χ4n) is 0.907. The van der Waals surface area contributed by atoms with Crippen molar-refractivity contribution < 1.29 is 12.6 Å². The van der Waals surface area contributed by atoms with Gasteiger partial charge in [0.25, 0.3) is 0 Å². The zero-order valence-corrected chi connectivity index (χ0v) is 8.26. The third kappa shape index (κ3) is 2.95. The van der Waals surface area contributed by atoms with E-state index in [4.69, 9.17) is 5.73 Å². The molecule has 0 aromatic heterocycles. The Labute approximate surface area is 77.4 Å². The molecule has 13 heavy (non-hydrogen) atoms. The number of nitrogens with two attached hydrogens (primary N) is 1. The van der Waals surface area contributed by atoms with Gasteiger partial charge in [0.1, 0.15) is 0 Å². The smallest absolute Gasteiger partial charge is 0.306 e. The van der Waals surface area contributed by atoms with E-state index in [0.29, 0.717) is 5.69 Å². The summed E-state index contributed by atoms with van der Waals surface area (Å²) in [6, 6.07) is 4.92. The first-order valence-electron chi connectivity index (χ1n) is 3.64. The molecule has 0 unspecified atom stereocenters. The lowest BCUT2D eigenvalue weighted by atomic mass is 10.2. The third-order valence-corrected chi connectivity index (χ3v) is 1.89. The first-order valence-corrected chi connectivity index (χ1v) is 5.46. The Hall–Kier alpha value is -1.23. The van der Waals surface area contributed by atoms with E-state index in [1.165, 1.54) is 6.07 Å². The fourth-order valence-corrected chi connectivity index (χ4v) is 1.38. The van der Waals surface area contributed by atoms with Crippen LogP contribution < -0.4 is 9.92 Å². The Kier molecular flexibility index (Phi) is 2.47. The lowest BCUT2D eigenvalue weighted by Crippen LogP contribution is -2.07. The molecular formula is C8H11NO3S. The van der Waals surface area contributed by atoms with Crippen LogP contribution in [0.25, 0.3) is 0 Å². The predicted molar refractivity (Wildman–Crippen MR) is 51.1 cm³/mol. The Morgan fingerprint density at radius 2 is 2.00 bits per heavy atom. The monoisotopic (exact) mass is 201 g/mol. The highest BCUT2D eigenvalue weighted by atomic mass is 32.2. The van der Waals surface area contributed by atoms with Crippen molar-refractivity contribution >= 4 is 15.8 Å². The average Bonchev–Trinajstić information content (AvgIpc) is 1.93. The molecule has 72 valence electrons. The Morgan fingerprint density at radius 1 is 1.38 bits per heavy atom. The van der Waals surface area contributed by atoms with E-state index in [2.05, 4.69) is 4.18 Å². The second-order valence-corrected chi connectivity index (χ2v) is 4.40. The maximum absolute atomic E-state index is 10.8. The van der Waals surface area contributed by atoms with Crippen LogP contribution >= 0.6 is 0 Å². The highest BCUT2D eigenvalue weighted by Gasteiger charge is 2.07. The molecule has 0 radical (unpaired) electrons. The molecule has 0 aliphatic rings. The van der Waals surface area contributed by atoms with Gasteiger partial charge in [-0.25, -0.2) is 0 Å². The van der Waals surface area contributed by atoms with Gasteiger partial charge in [0.2, 0.25) is 0 Å². The molecular weight excluding hydrogens is 190 g/mol. The van der Waals surface area contributed by atoms with Gasteiger partial charge in [0, 0.05) is 0 Å². The summed E-state index contributed by atoms with van der Waals surface area (Å²) in [4.78, 5) is 0. The van der Waals surface area contributed by atoms with Crippen molar-refractivity contribution in [2.45, 2.75) is 6.92 Å². The molecule has 1 aromatic rings. The van der Waals surface area contributed by atoms with Crippen molar-refractivity contribution in [2.24, 2.45) is 0 Å². The van der Waals surface area contributed by atoms with E-state index in [1.807, 2.05) is 6.92 Å². The first kappa shape index (κ1) is 9.85. The average molecular weight is 201 g/mol. The minimum atomic E-state index is -3.49. The molecule has 1 aromatic carbocycles. The molecule has 4 nitrogen and oxygen atoms in total. The SMILES string of the molecule is Cc1ccc(OS(C)(=O)=O)c(N)c1. The lowest BCUT2D eigenvalue weighted by Gasteiger charge is -2.06. The number of benzene rings is 1. The minimum absolute atomic E-state index is 0.174. The number of rotatable bonds is 2. The van der Waals surface area contributed by atoms with Gasteiger partial charge in [-0.2, -0.15) is 8.42 Å². The van der Waals surface area contributed by atoms with Crippen LogP contribution in [0.2, 0.25) is 0 Å².